The second-order valence-corrected chi connectivity index (χ2v) is 8.67. The van der Waals surface area contributed by atoms with E-state index in [0.717, 1.165) is 43.3 Å². The van der Waals surface area contributed by atoms with Crippen LogP contribution in [-0.2, 0) is 0 Å². The first-order valence-corrected chi connectivity index (χ1v) is 11.3. The Balaban J connectivity index is 1.96. The van der Waals surface area contributed by atoms with Crippen molar-refractivity contribution in [3.8, 4) is 20.9 Å². The number of hydrogen-bond acceptors (Lipinski definition) is 8. The van der Waals surface area contributed by atoms with E-state index in [1.54, 1.807) is 22.7 Å². The average Bonchev–Trinajstić information content (AvgIpc) is 3.29. The molecule has 0 spiro atoms. The van der Waals surface area contributed by atoms with Crippen molar-refractivity contribution in [2.45, 2.75) is 0 Å². The number of aromatic nitrogens is 4. The summed E-state index contributed by atoms with van der Waals surface area (Å²) >= 11 is 2.88. The molecule has 0 radical (unpaired) electrons. The van der Waals surface area contributed by atoms with Gasteiger partial charge >= 0.3 is 146 Å². The minimum absolute atomic E-state index is 0.0932. The second kappa shape index (κ2) is 5.12. The van der Waals surface area contributed by atoms with Gasteiger partial charge in [-0.1, -0.05) is 0 Å². The molecular weight excluding hydrogens is 450 g/mol. The topological polar surface area (TPSA) is 76.0 Å². The number of nitrogens with one attached hydrogen (secondary N) is 1. The summed E-state index contributed by atoms with van der Waals surface area (Å²) < 4.78 is 17.6. The van der Waals surface area contributed by atoms with E-state index >= 15 is 0 Å². The Morgan fingerprint density at radius 1 is 0.955 bits per heavy atom. The maximum atomic E-state index is 4.75. The van der Waals surface area contributed by atoms with Crippen LogP contribution in [0.2, 0.25) is 0 Å². The molecule has 1 aromatic carbocycles. The van der Waals surface area contributed by atoms with Gasteiger partial charge < -0.3 is 0 Å². The molecule has 5 rings (SSSR count). The normalized spacial score (nSPS) is 13.1. The molecule has 1 aliphatic heterocycles. The summed E-state index contributed by atoms with van der Waals surface area (Å²) in [7, 11) is 0. The molecule has 108 valence electrons. The van der Waals surface area contributed by atoms with E-state index in [0.29, 0.717) is 0 Å². The molecule has 1 N–H and O–H groups in total. The molecule has 0 amide bonds. The molecule has 6 nitrogen and oxygen atoms in total. The summed E-state index contributed by atoms with van der Waals surface area (Å²) in [6, 6.07) is 0. The molecule has 0 aliphatic carbocycles. The number of fused-ring (bicyclic) bond motifs is 2. The Kier molecular flexibility index (Phi) is 3.07. The first-order valence-electron chi connectivity index (χ1n) is 6.20. The number of nitrogens with zero attached hydrogens (tertiary/aromatic N) is 5. The quantitative estimate of drug-likeness (QED) is 0.470. The van der Waals surface area contributed by atoms with Crippen LogP contribution in [0.25, 0.3) is 31.9 Å². The maximum absolute atomic E-state index is 4.75. The van der Waals surface area contributed by atoms with Gasteiger partial charge in [0.1, 0.15) is 0 Å². The molecule has 3 aromatic heterocycles. The van der Waals surface area contributed by atoms with Gasteiger partial charge in [0.15, 0.2) is 0 Å². The minimum atomic E-state index is -0.269. The first kappa shape index (κ1) is 13.2. The summed E-state index contributed by atoms with van der Waals surface area (Å²) in [5, 5.41) is 0. The van der Waals surface area contributed by atoms with Crippen molar-refractivity contribution < 1.29 is 0 Å². The number of benzene rings is 1. The third kappa shape index (κ3) is 1.83. The van der Waals surface area contributed by atoms with Crippen molar-refractivity contribution in [1.82, 2.24) is 17.9 Å². The fraction of sp³-hybridized carbons (Fsp3) is 0. The van der Waals surface area contributed by atoms with Crippen LogP contribution in [0, 0.1) is 0 Å². The Morgan fingerprint density at radius 3 is 2.32 bits per heavy atom. The molecule has 10 heteroatoms. The zero-order valence-electron chi connectivity index (χ0n) is 10.7. The summed E-state index contributed by atoms with van der Waals surface area (Å²) in [5.74, 6) is 0. The van der Waals surface area contributed by atoms with E-state index in [9.17, 15) is 0 Å². The predicted molar refractivity (Wildman–Crippen MR) is 91.6 cm³/mol. The van der Waals surface area contributed by atoms with Gasteiger partial charge in [0.05, 0.1) is 0 Å². The molecule has 4 aromatic rings. The van der Waals surface area contributed by atoms with Crippen LogP contribution in [0.1, 0.15) is 0 Å². The van der Waals surface area contributed by atoms with Crippen molar-refractivity contribution in [3.63, 3.8) is 0 Å². The van der Waals surface area contributed by atoms with Crippen molar-refractivity contribution in [3.05, 3.63) is 23.4 Å². The second-order valence-electron chi connectivity index (χ2n) is 4.48. The van der Waals surface area contributed by atoms with Gasteiger partial charge in [-0.15, -0.1) is 0 Å². The van der Waals surface area contributed by atoms with Crippen LogP contribution in [0.4, 0.5) is 11.4 Å². The van der Waals surface area contributed by atoms with Crippen LogP contribution in [0.15, 0.2) is 27.4 Å². The Morgan fingerprint density at radius 2 is 1.64 bits per heavy atom. The Bertz CT molecular complexity index is 1010. The molecule has 4 heterocycles. The fourth-order valence-electron chi connectivity index (χ4n) is 2.48. The average molecular weight is 456 g/mol. The SMILES string of the molecule is c1ncc(-c2c3c(c(-c4cncs4)c4n[se]nc24)N[SeH]=N3)s1. The predicted octanol–water partition coefficient (Wildman–Crippen LogP) is 2.53. The molecule has 1 aliphatic rings. The van der Waals surface area contributed by atoms with Crippen molar-refractivity contribution >= 4 is 75.0 Å². The Labute approximate surface area is 145 Å². The molecule has 0 saturated heterocycles. The standard InChI is InChI=1S/C12H6N6S2Se2/c1-5(19-3-13-1)7-9-11(17-21-15-9)8(6-2-14-4-20-6)12-10(7)16-22-18-12/h1-4,21H,(H,15,17). The first-order chi connectivity index (χ1) is 10.9. The molecule has 0 bridgehead atoms. The van der Waals surface area contributed by atoms with E-state index in [1.165, 1.54) is 0 Å². The van der Waals surface area contributed by atoms with Gasteiger partial charge in [-0.05, 0) is 0 Å². The van der Waals surface area contributed by atoms with Crippen LogP contribution >= 0.6 is 22.7 Å². The zero-order chi connectivity index (χ0) is 14.5. The van der Waals surface area contributed by atoms with Gasteiger partial charge in [0.25, 0.3) is 0 Å². The summed E-state index contributed by atoms with van der Waals surface area (Å²) in [5.41, 5.74) is 9.95. The fourth-order valence-corrected chi connectivity index (χ4v) is 6.39. The number of thiazole rings is 2. The number of hydrogen-bond donors (Lipinski definition) is 1. The molecular formula is C12H6N6S2Se2. The number of rotatable bonds is 2. The van der Waals surface area contributed by atoms with Crippen molar-refractivity contribution in [2.24, 2.45) is 3.96 Å². The van der Waals surface area contributed by atoms with Gasteiger partial charge in [0.2, 0.25) is 0 Å². The van der Waals surface area contributed by atoms with Crippen molar-refractivity contribution in [1.29, 1.82) is 0 Å². The van der Waals surface area contributed by atoms with Gasteiger partial charge in [-0.25, -0.2) is 0 Å². The molecule has 0 atom stereocenters. The van der Waals surface area contributed by atoms with E-state index in [-0.39, 0.29) is 29.9 Å². The molecule has 0 fully saturated rings. The summed E-state index contributed by atoms with van der Waals surface area (Å²) in [6.45, 7) is 0. The summed E-state index contributed by atoms with van der Waals surface area (Å²) in [4.78, 5) is 10.6. The van der Waals surface area contributed by atoms with Gasteiger partial charge in [-0.2, -0.15) is 0 Å². The van der Waals surface area contributed by atoms with Gasteiger partial charge in [0, 0.05) is 0 Å². The van der Waals surface area contributed by atoms with E-state index in [1.807, 2.05) is 23.4 Å². The summed E-state index contributed by atoms with van der Waals surface area (Å²) in [6.07, 6.45) is 3.78. The third-order valence-electron chi connectivity index (χ3n) is 3.35. The zero-order valence-corrected chi connectivity index (χ0v) is 15.9. The van der Waals surface area contributed by atoms with Gasteiger partial charge in [-0.3, -0.25) is 0 Å². The molecule has 0 saturated carbocycles. The Hall–Kier alpha value is -1.28. The third-order valence-corrected chi connectivity index (χ3v) is 7.35. The van der Waals surface area contributed by atoms with E-state index in [2.05, 4.69) is 18.3 Å². The van der Waals surface area contributed by atoms with Crippen molar-refractivity contribution in [2.75, 3.05) is 4.33 Å². The number of anilines is 1. The van der Waals surface area contributed by atoms with Crippen LogP contribution < -0.4 is 4.33 Å². The van der Waals surface area contributed by atoms with Crippen LogP contribution in [-0.4, -0.2) is 47.9 Å². The van der Waals surface area contributed by atoms with E-state index < -0.39 is 0 Å². The van der Waals surface area contributed by atoms with E-state index in [4.69, 9.17) is 7.94 Å². The van der Waals surface area contributed by atoms with Crippen LogP contribution in [0.5, 0.6) is 0 Å². The molecule has 22 heavy (non-hydrogen) atoms. The monoisotopic (exact) mass is 458 g/mol. The molecule has 0 unspecified atom stereocenters. The van der Waals surface area contributed by atoms with Crippen LogP contribution in [0.3, 0.4) is 0 Å².